The summed E-state index contributed by atoms with van der Waals surface area (Å²) in [6.45, 7) is 15.6. The van der Waals surface area contributed by atoms with Gasteiger partial charge < -0.3 is 5.32 Å². The summed E-state index contributed by atoms with van der Waals surface area (Å²) in [5.41, 5.74) is 0.953. The van der Waals surface area contributed by atoms with Crippen LogP contribution in [0.15, 0.2) is 0 Å². The number of rotatable bonds is 1. The molecule has 1 N–H and O–H groups in total. The summed E-state index contributed by atoms with van der Waals surface area (Å²) in [6, 6.07) is 1.49. The molecule has 1 saturated carbocycles. The van der Waals surface area contributed by atoms with E-state index in [1.165, 1.54) is 32.5 Å². The van der Waals surface area contributed by atoms with Crippen molar-refractivity contribution in [2.75, 3.05) is 19.6 Å². The Morgan fingerprint density at radius 2 is 1.88 bits per heavy atom. The first-order valence-corrected chi connectivity index (χ1v) is 6.78. The minimum absolute atomic E-state index is 0.377. The standard InChI is InChI=1S/C14H28N2/c1-13(2,3)11-10-16(8-6-7-15-11)12-9-14(12,4)5/h11-12,15H,6-10H2,1-5H3. The zero-order chi connectivity index (χ0) is 12.0. The van der Waals surface area contributed by atoms with Gasteiger partial charge in [0.05, 0.1) is 0 Å². The Hall–Kier alpha value is -0.0800. The first-order valence-electron chi connectivity index (χ1n) is 6.78. The topological polar surface area (TPSA) is 15.3 Å². The Labute approximate surface area is 101 Å². The molecule has 0 bridgehead atoms. The van der Waals surface area contributed by atoms with Gasteiger partial charge in [-0.05, 0) is 36.8 Å². The molecule has 0 radical (unpaired) electrons. The molecule has 0 amide bonds. The summed E-state index contributed by atoms with van der Waals surface area (Å²) >= 11 is 0. The minimum atomic E-state index is 0.377. The van der Waals surface area contributed by atoms with Crippen molar-refractivity contribution in [1.82, 2.24) is 10.2 Å². The smallest absolute Gasteiger partial charge is 0.0243 e. The van der Waals surface area contributed by atoms with Gasteiger partial charge in [0.1, 0.15) is 0 Å². The molecule has 0 spiro atoms. The lowest BCUT2D eigenvalue weighted by atomic mass is 9.86. The van der Waals surface area contributed by atoms with Gasteiger partial charge >= 0.3 is 0 Å². The van der Waals surface area contributed by atoms with E-state index in [0.717, 1.165) is 6.04 Å². The van der Waals surface area contributed by atoms with Crippen molar-refractivity contribution in [3.8, 4) is 0 Å². The van der Waals surface area contributed by atoms with Crippen LogP contribution in [0.1, 0.15) is 47.5 Å². The lowest BCUT2D eigenvalue weighted by Crippen LogP contribution is -2.47. The second-order valence-electron chi connectivity index (χ2n) is 7.43. The Kier molecular flexibility index (Phi) is 3.09. The molecule has 1 aliphatic carbocycles. The Morgan fingerprint density at radius 1 is 1.25 bits per heavy atom. The quantitative estimate of drug-likeness (QED) is 0.736. The van der Waals surface area contributed by atoms with Gasteiger partial charge in [0, 0.05) is 18.6 Å². The summed E-state index contributed by atoms with van der Waals surface area (Å²) in [4.78, 5) is 2.73. The highest BCUT2D eigenvalue weighted by Gasteiger charge is 2.50. The third-order valence-corrected chi connectivity index (χ3v) is 4.38. The van der Waals surface area contributed by atoms with Crippen LogP contribution in [0, 0.1) is 10.8 Å². The highest BCUT2D eigenvalue weighted by Crippen LogP contribution is 2.49. The van der Waals surface area contributed by atoms with Gasteiger partial charge in [-0.15, -0.1) is 0 Å². The van der Waals surface area contributed by atoms with Crippen LogP contribution < -0.4 is 5.32 Å². The minimum Gasteiger partial charge on any atom is -0.312 e. The van der Waals surface area contributed by atoms with Crippen LogP contribution in [0.3, 0.4) is 0 Å². The monoisotopic (exact) mass is 224 g/mol. The van der Waals surface area contributed by atoms with Gasteiger partial charge in [0.25, 0.3) is 0 Å². The molecule has 94 valence electrons. The molecule has 2 nitrogen and oxygen atoms in total. The van der Waals surface area contributed by atoms with Crippen molar-refractivity contribution < 1.29 is 0 Å². The van der Waals surface area contributed by atoms with E-state index in [1.54, 1.807) is 0 Å². The molecule has 2 heteroatoms. The highest BCUT2D eigenvalue weighted by molar-refractivity contribution is 5.04. The van der Waals surface area contributed by atoms with Gasteiger partial charge in [0.2, 0.25) is 0 Å². The molecule has 16 heavy (non-hydrogen) atoms. The van der Waals surface area contributed by atoms with Gasteiger partial charge in [-0.3, -0.25) is 4.90 Å². The molecule has 1 aliphatic heterocycles. The van der Waals surface area contributed by atoms with Gasteiger partial charge in [-0.2, -0.15) is 0 Å². The van der Waals surface area contributed by atoms with Crippen molar-refractivity contribution in [3.63, 3.8) is 0 Å². The van der Waals surface area contributed by atoms with Gasteiger partial charge in [-0.1, -0.05) is 34.6 Å². The second-order valence-corrected chi connectivity index (χ2v) is 7.43. The fourth-order valence-corrected chi connectivity index (χ4v) is 2.87. The van der Waals surface area contributed by atoms with E-state index in [1.807, 2.05) is 0 Å². The average molecular weight is 224 g/mol. The van der Waals surface area contributed by atoms with Crippen LogP contribution in [0.5, 0.6) is 0 Å². The fraction of sp³-hybridized carbons (Fsp3) is 1.00. The Morgan fingerprint density at radius 3 is 2.38 bits per heavy atom. The lowest BCUT2D eigenvalue weighted by Gasteiger charge is -2.34. The normalized spacial score (nSPS) is 35.8. The molecular formula is C14H28N2. The maximum absolute atomic E-state index is 3.72. The molecule has 1 heterocycles. The first-order chi connectivity index (χ1) is 7.31. The lowest BCUT2D eigenvalue weighted by molar-refractivity contribution is 0.178. The van der Waals surface area contributed by atoms with Crippen LogP contribution in [0.4, 0.5) is 0 Å². The van der Waals surface area contributed by atoms with Crippen LogP contribution in [-0.4, -0.2) is 36.6 Å². The predicted molar refractivity (Wildman–Crippen MR) is 69.6 cm³/mol. The van der Waals surface area contributed by atoms with Crippen LogP contribution in [-0.2, 0) is 0 Å². The van der Waals surface area contributed by atoms with Crippen LogP contribution in [0.25, 0.3) is 0 Å². The molecule has 0 aromatic heterocycles. The van der Waals surface area contributed by atoms with Crippen molar-refractivity contribution in [1.29, 1.82) is 0 Å². The molecule has 0 aromatic carbocycles. The molecule has 0 aromatic rings. The maximum Gasteiger partial charge on any atom is 0.0243 e. The predicted octanol–water partition coefficient (Wildman–Crippen LogP) is 2.49. The second kappa shape index (κ2) is 3.99. The summed E-state index contributed by atoms with van der Waals surface area (Å²) in [7, 11) is 0. The molecule has 2 aliphatic rings. The summed E-state index contributed by atoms with van der Waals surface area (Å²) < 4.78 is 0. The van der Waals surface area contributed by atoms with Crippen LogP contribution >= 0.6 is 0 Å². The van der Waals surface area contributed by atoms with E-state index >= 15 is 0 Å². The number of hydrogen-bond donors (Lipinski definition) is 1. The van der Waals surface area contributed by atoms with E-state index in [0.29, 0.717) is 16.9 Å². The number of nitrogens with zero attached hydrogens (tertiary/aromatic N) is 1. The average Bonchev–Trinajstić information content (AvgIpc) is 2.80. The van der Waals surface area contributed by atoms with Crippen molar-refractivity contribution >= 4 is 0 Å². The van der Waals surface area contributed by atoms with Gasteiger partial charge in [0.15, 0.2) is 0 Å². The zero-order valence-corrected chi connectivity index (χ0v) is 11.6. The number of hydrogen-bond acceptors (Lipinski definition) is 2. The van der Waals surface area contributed by atoms with E-state index < -0.39 is 0 Å². The van der Waals surface area contributed by atoms with E-state index in [4.69, 9.17) is 0 Å². The molecule has 1 saturated heterocycles. The number of nitrogens with one attached hydrogen (secondary N) is 1. The summed E-state index contributed by atoms with van der Waals surface area (Å²) in [6.07, 6.45) is 2.70. The van der Waals surface area contributed by atoms with Crippen molar-refractivity contribution in [2.45, 2.75) is 59.5 Å². The van der Waals surface area contributed by atoms with E-state index in [-0.39, 0.29) is 0 Å². The molecule has 2 fully saturated rings. The largest absolute Gasteiger partial charge is 0.312 e. The van der Waals surface area contributed by atoms with Crippen molar-refractivity contribution in [2.24, 2.45) is 10.8 Å². The van der Waals surface area contributed by atoms with Crippen LogP contribution in [0.2, 0.25) is 0 Å². The zero-order valence-electron chi connectivity index (χ0n) is 11.6. The third-order valence-electron chi connectivity index (χ3n) is 4.38. The van der Waals surface area contributed by atoms with E-state index in [2.05, 4.69) is 44.8 Å². The first kappa shape index (κ1) is 12.4. The molecule has 2 unspecified atom stereocenters. The van der Waals surface area contributed by atoms with Crippen molar-refractivity contribution in [3.05, 3.63) is 0 Å². The summed E-state index contributed by atoms with van der Waals surface area (Å²) in [5.74, 6) is 0. The molecular weight excluding hydrogens is 196 g/mol. The maximum atomic E-state index is 3.72. The Balaban J connectivity index is 1.99. The fourth-order valence-electron chi connectivity index (χ4n) is 2.87. The van der Waals surface area contributed by atoms with Gasteiger partial charge in [-0.25, -0.2) is 0 Å². The van der Waals surface area contributed by atoms with E-state index in [9.17, 15) is 0 Å². The summed E-state index contributed by atoms with van der Waals surface area (Å²) in [5, 5.41) is 3.72. The Bertz CT molecular complexity index is 252. The molecule has 2 rings (SSSR count). The SMILES string of the molecule is CC(C)(C)C1CN(C2CC2(C)C)CCCN1. The third kappa shape index (κ3) is 2.60. The highest BCUT2D eigenvalue weighted by atomic mass is 15.2. The molecule has 2 atom stereocenters.